The van der Waals surface area contributed by atoms with E-state index in [2.05, 4.69) is 25.4 Å². The van der Waals surface area contributed by atoms with Crippen molar-refractivity contribution in [2.45, 2.75) is 45.1 Å². The zero-order valence-corrected chi connectivity index (χ0v) is 20.3. The first-order valence-electron chi connectivity index (χ1n) is 12.6. The van der Waals surface area contributed by atoms with Crippen LogP contribution in [0.25, 0.3) is 11.3 Å². The minimum absolute atomic E-state index is 0.204. The summed E-state index contributed by atoms with van der Waals surface area (Å²) in [6.45, 7) is 8.02. The van der Waals surface area contributed by atoms with Gasteiger partial charge in [-0.2, -0.15) is 0 Å². The number of piperidine rings is 1. The number of fused-ring (bicyclic) bond motifs is 1. The fourth-order valence-electron chi connectivity index (χ4n) is 5.15. The van der Waals surface area contributed by atoms with Crippen molar-refractivity contribution in [2.75, 3.05) is 57.9 Å². The maximum atomic E-state index is 12.4. The molecule has 4 heterocycles. The lowest BCUT2D eigenvalue weighted by Gasteiger charge is -2.33. The van der Waals surface area contributed by atoms with E-state index in [4.69, 9.17) is 9.47 Å². The van der Waals surface area contributed by atoms with E-state index < -0.39 is 0 Å². The van der Waals surface area contributed by atoms with E-state index in [0.29, 0.717) is 68.7 Å². The molecule has 2 aromatic rings. The van der Waals surface area contributed by atoms with Gasteiger partial charge in [0.25, 0.3) is 0 Å². The van der Waals surface area contributed by atoms with E-state index >= 15 is 0 Å². The molecular formula is C25H34N6O4. The average molecular weight is 483 g/mol. The number of carbonyl (C=O) groups excluding carboxylic acids is 1. The van der Waals surface area contributed by atoms with Crippen molar-refractivity contribution >= 4 is 11.9 Å². The molecule has 0 aliphatic carbocycles. The molecule has 1 aromatic heterocycles. The van der Waals surface area contributed by atoms with Crippen LogP contribution in [-0.2, 0) is 16.0 Å². The van der Waals surface area contributed by atoms with Crippen LogP contribution in [0.5, 0.6) is 11.5 Å². The van der Waals surface area contributed by atoms with E-state index in [9.17, 15) is 9.90 Å². The van der Waals surface area contributed by atoms with E-state index in [1.54, 1.807) is 0 Å². The van der Waals surface area contributed by atoms with Crippen molar-refractivity contribution in [3.8, 4) is 22.8 Å². The third-order valence-electron chi connectivity index (χ3n) is 7.03. The summed E-state index contributed by atoms with van der Waals surface area (Å²) in [5.41, 5.74) is 2.75. The Kier molecular flexibility index (Phi) is 7.29. The fourth-order valence-corrected chi connectivity index (χ4v) is 5.15. The predicted molar refractivity (Wildman–Crippen MR) is 131 cm³/mol. The second-order valence-electron chi connectivity index (χ2n) is 9.49. The van der Waals surface area contributed by atoms with Crippen molar-refractivity contribution in [2.24, 2.45) is 0 Å². The molecule has 10 nitrogen and oxygen atoms in total. The molecule has 1 amide bonds. The molecule has 10 heteroatoms. The summed E-state index contributed by atoms with van der Waals surface area (Å²) in [5, 5.41) is 22.8. The van der Waals surface area contributed by atoms with E-state index in [-0.39, 0.29) is 17.7 Å². The van der Waals surface area contributed by atoms with Crippen LogP contribution < -0.4 is 10.1 Å². The van der Waals surface area contributed by atoms with Gasteiger partial charge in [-0.25, -0.2) is 4.98 Å². The summed E-state index contributed by atoms with van der Waals surface area (Å²) < 4.78 is 10.9. The van der Waals surface area contributed by atoms with Crippen LogP contribution in [0.3, 0.4) is 0 Å². The van der Waals surface area contributed by atoms with Gasteiger partial charge in [-0.15, -0.1) is 10.2 Å². The topological polar surface area (TPSA) is 113 Å². The van der Waals surface area contributed by atoms with Crippen LogP contribution in [0.15, 0.2) is 12.1 Å². The van der Waals surface area contributed by atoms with Gasteiger partial charge >= 0.3 is 0 Å². The largest absolute Gasteiger partial charge is 0.507 e. The van der Waals surface area contributed by atoms with Gasteiger partial charge in [-0.1, -0.05) is 0 Å². The number of carbonyl (C=O) groups is 1. The minimum Gasteiger partial charge on any atom is -0.507 e. The number of amides is 1. The van der Waals surface area contributed by atoms with Crippen LogP contribution >= 0.6 is 0 Å². The highest BCUT2D eigenvalue weighted by Gasteiger charge is 2.24. The van der Waals surface area contributed by atoms with Crippen molar-refractivity contribution in [3.05, 3.63) is 23.4 Å². The first-order chi connectivity index (χ1) is 17.1. The number of likely N-dealkylation sites (tertiary alicyclic amines) is 1. The minimum atomic E-state index is 0.204. The molecule has 0 radical (unpaired) electrons. The Balaban J connectivity index is 1.14. The SMILES string of the molecule is Cc1nc(N[C@@H]2CCCN(CCCC(=O)N3CCOCC3)C2)nnc1-c1ccc2c(c1O)CCO2. The number of anilines is 1. The zero-order chi connectivity index (χ0) is 24.2. The van der Waals surface area contributed by atoms with Crippen LogP contribution in [-0.4, -0.2) is 94.6 Å². The lowest BCUT2D eigenvalue weighted by molar-refractivity contribution is -0.135. The highest BCUT2D eigenvalue weighted by molar-refractivity contribution is 5.76. The molecule has 3 aliphatic heterocycles. The highest BCUT2D eigenvalue weighted by atomic mass is 16.5. The Bertz CT molecular complexity index is 1060. The van der Waals surface area contributed by atoms with E-state index in [1.807, 2.05) is 24.0 Å². The molecule has 35 heavy (non-hydrogen) atoms. The maximum Gasteiger partial charge on any atom is 0.243 e. The summed E-state index contributed by atoms with van der Waals surface area (Å²) in [7, 11) is 0. The van der Waals surface area contributed by atoms with Crippen LogP contribution in [0, 0.1) is 6.92 Å². The molecule has 3 aliphatic rings. The first-order valence-corrected chi connectivity index (χ1v) is 12.6. The summed E-state index contributed by atoms with van der Waals surface area (Å²) in [6, 6.07) is 3.92. The van der Waals surface area contributed by atoms with Crippen molar-refractivity contribution < 1.29 is 19.4 Å². The molecule has 2 N–H and O–H groups in total. The molecule has 188 valence electrons. The van der Waals surface area contributed by atoms with Crippen LogP contribution in [0.2, 0.25) is 0 Å². The number of benzene rings is 1. The van der Waals surface area contributed by atoms with Gasteiger partial charge in [-0.3, -0.25) is 4.79 Å². The molecule has 1 aromatic carbocycles. The number of nitrogens with zero attached hydrogens (tertiary/aromatic N) is 5. The molecule has 0 bridgehead atoms. The molecule has 2 fully saturated rings. The van der Waals surface area contributed by atoms with Gasteiger partial charge in [0.1, 0.15) is 17.2 Å². The molecule has 0 spiro atoms. The molecule has 2 saturated heterocycles. The fraction of sp³-hybridized carbons (Fsp3) is 0.600. The highest BCUT2D eigenvalue weighted by Crippen LogP contribution is 2.40. The van der Waals surface area contributed by atoms with Crippen LogP contribution in [0.4, 0.5) is 5.95 Å². The Morgan fingerprint density at radius 1 is 1.20 bits per heavy atom. The number of phenols is 1. The third-order valence-corrected chi connectivity index (χ3v) is 7.03. The van der Waals surface area contributed by atoms with Gasteiger partial charge in [0.2, 0.25) is 11.9 Å². The van der Waals surface area contributed by atoms with Gasteiger partial charge < -0.3 is 29.7 Å². The Labute approximate surface area is 205 Å². The van der Waals surface area contributed by atoms with Crippen LogP contribution in [0.1, 0.15) is 36.9 Å². The first kappa shape index (κ1) is 23.7. The smallest absolute Gasteiger partial charge is 0.243 e. The number of morpholine rings is 1. The molecular weight excluding hydrogens is 448 g/mol. The number of ether oxygens (including phenoxy) is 2. The standard InChI is InChI=1S/C25H34N6O4/c1-17-23(20-6-7-21-19(24(20)33)8-13-35-21)28-29-25(26-17)27-18-4-2-9-30(16-18)10-3-5-22(32)31-11-14-34-15-12-31/h6-7,18,33H,2-5,8-16H2,1H3,(H,26,27,29)/t18-/m1/s1. The third kappa shape index (κ3) is 5.48. The number of aromatic nitrogens is 3. The second kappa shape index (κ2) is 10.7. The number of rotatable bonds is 7. The quantitative estimate of drug-likeness (QED) is 0.612. The molecule has 1 atom stereocenters. The Morgan fingerprint density at radius 3 is 2.89 bits per heavy atom. The van der Waals surface area contributed by atoms with Gasteiger partial charge in [0.15, 0.2) is 0 Å². The Morgan fingerprint density at radius 2 is 2.06 bits per heavy atom. The second-order valence-corrected chi connectivity index (χ2v) is 9.49. The van der Waals surface area contributed by atoms with Crippen molar-refractivity contribution in [3.63, 3.8) is 0 Å². The molecule has 0 saturated carbocycles. The summed E-state index contributed by atoms with van der Waals surface area (Å²) in [4.78, 5) is 21.3. The molecule has 5 rings (SSSR count). The number of nitrogens with one attached hydrogen (secondary N) is 1. The summed E-state index contributed by atoms with van der Waals surface area (Å²) in [6.07, 6.45) is 4.27. The average Bonchev–Trinajstić information content (AvgIpc) is 3.36. The predicted octanol–water partition coefficient (Wildman–Crippen LogP) is 2.00. The van der Waals surface area contributed by atoms with Crippen molar-refractivity contribution in [1.82, 2.24) is 25.0 Å². The zero-order valence-electron chi connectivity index (χ0n) is 20.3. The van der Waals surface area contributed by atoms with Gasteiger partial charge in [-0.05, 0) is 51.4 Å². The number of hydrogen-bond donors (Lipinski definition) is 2. The van der Waals surface area contributed by atoms with Crippen molar-refractivity contribution in [1.29, 1.82) is 0 Å². The number of hydrogen-bond acceptors (Lipinski definition) is 9. The maximum absolute atomic E-state index is 12.4. The lowest BCUT2D eigenvalue weighted by Crippen LogP contribution is -2.43. The summed E-state index contributed by atoms with van der Waals surface area (Å²) >= 11 is 0. The van der Waals surface area contributed by atoms with E-state index in [1.165, 1.54) is 0 Å². The van der Waals surface area contributed by atoms with Gasteiger partial charge in [0, 0.05) is 49.6 Å². The lowest BCUT2D eigenvalue weighted by atomic mass is 10.0. The number of aromatic hydroxyl groups is 1. The van der Waals surface area contributed by atoms with E-state index in [0.717, 1.165) is 50.2 Å². The molecule has 0 unspecified atom stereocenters. The monoisotopic (exact) mass is 482 g/mol. The normalized spacial score (nSPS) is 20.4. The number of aryl methyl sites for hydroxylation is 1. The summed E-state index contributed by atoms with van der Waals surface area (Å²) in [5.74, 6) is 1.67. The Hall–Kier alpha value is -2.98. The van der Waals surface area contributed by atoms with Gasteiger partial charge in [0.05, 0.1) is 25.5 Å². The number of phenolic OH excluding ortho intramolecular Hbond substituents is 1.